The van der Waals surface area contributed by atoms with E-state index in [1.807, 2.05) is 30.3 Å². The standard InChI is InChI=1S/C17H22N6O/c1-2-6-14(7-3-1)18-15-19-16(22-8-4-5-9-22)21-17(20-15)23-10-12-24-13-11-23/h1-3,6-7H,4-5,8-13H2,(H,18,19,20,21). The molecule has 7 nitrogen and oxygen atoms in total. The Morgan fingerprint density at radius 2 is 1.42 bits per heavy atom. The van der Waals surface area contributed by atoms with Crippen molar-refractivity contribution in [3.63, 3.8) is 0 Å². The van der Waals surface area contributed by atoms with Crippen molar-refractivity contribution in [3.8, 4) is 0 Å². The largest absolute Gasteiger partial charge is 0.378 e. The summed E-state index contributed by atoms with van der Waals surface area (Å²) in [6.07, 6.45) is 2.39. The minimum Gasteiger partial charge on any atom is -0.378 e. The lowest BCUT2D eigenvalue weighted by Crippen LogP contribution is -2.38. The van der Waals surface area contributed by atoms with Crippen LogP contribution in [0.5, 0.6) is 0 Å². The molecule has 2 aromatic rings. The fourth-order valence-electron chi connectivity index (χ4n) is 3.02. The SMILES string of the molecule is c1ccc(Nc2nc(N3CCCC3)nc(N3CCOCC3)n2)cc1. The second-order valence-electron chi connectivity index (χ2n) is 6.04. The Labute approximate surface area is 141 Å². The minimum atomic E-state index is 0.597. The Morgan fingerprint density at radius 1 is 0.792 bits per heavy atom. The van der Waals surface area contributed by atoms with Gasteiger partial charge in [0.2, 0.25) is 17.8 Å². The second kappa shape index (κ2) is 7.00. The minimum absolute atomic E-state index is 0.597. The van der Waals surface area contributed by atoms with Gasteiger partial charge in [-0.15, -0.1) is 0 Å². The number of aromatic nitrogens is 3. The molecule has 0 atom stereocenters. The summed E-state index contributed by atoms with van der Waals surface area (Å²) in [5.41, 5.74) is 0.976. The third-order valence-corrected chi connectivity index (χ3v) is 4.32. The summed E-state index contributed by atoms with van der Waals surface area (Å²) in [4.78, 5) is 18.4. The van der Waals surface area contributed by atoms with Gasteiger partial charge >= 0.3 is 0 Å². The van der Waals surface area contributed by atoms with Crippen LogP contribution in [0.2, 0.25) is 0 Å². The van der Waals surface area contributed by atoms with Crippen molar-refractivity contribution < 1.29 is 4.74 Å². The topological polar surface area (TPSA) is 66.4 Å². The molecule has 0 aliphatic carbocycles. The van der Waals surface area contributed by atoms with Crippen LogP contribution in [0.25, 0.3) is 0 Å². The molecule has 0 amide bonds. The van der Waals surface area contributed by atoms with Crippen molar-refractivity contribution in [3.05, 3.63) is 30.3 Å². The van der Waals surface area contributed by atoms with Crippen molar-refractivity contribution in [1.82, 2.24) is 15.0 Å². The molecular formula is C17H22N6O. The van der Waals surface area contributed by atoms with Gasteiger partial charge < -0.3 is 19.9 Å². The average Bonchev–Trinajstić information content (AvgIpc) is 3.18. The zero-order valence-electron chi connectivity index (χ0n) is 13.7. The molecule has 3 heterocycles. The number of para-hydroxylation sites is 1. The van der Waals surface area contributed by atoms with Crippen molar-refractivity contribution in [2.45, 2.75) is 12.8 Å². The highest BCUT2D eigenvalue weighted by Gasteiger charge is 2.21. The predicted octanol–water partition coefficient (Wildman–Crippen LogP) is 2.05. The van der Waals surface area contributed by atoms with Crippen LogP contribution < -0.4 is 15.1 Å². The molecule has 2 saturated heterocycles. The molecule has 2 fully saturated rings. The molecular weight excluding hydrogens is 304 g/mol. The molecule has 0 bridgehead atoms. The first kappa shape index (κ1) is 15.1. The highest BCUT2D eigenvalue weighted by atomic mass is 16.5. The Hall–Kier alpha value is -2.41. The second-order valence-corrected chi connectivity index (χ2v) is 6.04. The van der Waals surface area contributed by atoms with Gasteiger partial charge in [0.15, 0.2) is 0 Å². The number of benzene rings is 1. The van der Waals surface area contributed by atoms with Crippen LogP contribution in [-0.4, -0.2) is 54.3 Å². The maximum Gasteiger partial charge on any atom is 0.233 e. The maximum absolute atomic E-state index is 5.44. The van der Waals surface area contributed by atoms with E-state index < -0.39 is 0 Å². The number of hydrogen-bond acceptors (Lipinski definition) is 7. The summed E-state index contributed by atoms with van der Waals surface area (Å²) in [7, 11) is 0. The van der Waals surface area contributed by atoms with Gasteiger partial charge in [0.1, 0.15) is 0 Å². The van der Waals surface area contributed by atoms with Gasteiger partial charge in [-0.05, 0) is 25.0 Å². The first-order chi connectivity index (χ1) is 11.9. The molecule has 0 unspecified atom stereocenters. The lowest BCUT2D eigenvalue weighted by molar-refractivity contribution is 0.122. The summed E-state index contributed by atoms with van der Waals surface area (Å²) in [6.45, 7) is 5.08. The summed E-state index contributed by atoms with van der Waals surface area (Å²) >= 11 is 0. The molecule has 1 N–H and O–H groups in total. The van der Waals surface area contributed by atoms with Crippen molar-refractivity contribution >= 4 is 23.5 Å². The van der Waals surface area contributed by atoms with E-state index in [1.54, 1.807) is 0 Å². The molecule has 126 valence electrons. The van der Waals surface area contributed by atoms with E-state index in [9.17, 15) is 0 Å². The number of morpholine rings is 1. The van der Waals surface area contributed by atoms with Gasteiger partial charge in [-0.1, -0.05) is 18.2 Å². The van der Waals surface area contributed by atoms with Crippen LogP contribution in [0.4, 0.5) is 23.5 Å². The summed E-state index contributed by atoms with van der Waals surface area (Å²) in [6, 6.07) is 10.00. The van der Waals surface area contributed by atoms with E-state index in [0.29, 0.717) is 19.2 Å². The van der Waals surface area contributed by atoms with E-state index in [2.05, 4.69) is 25.1 Å². The molecule has 7 heteroatoms. The summed E-state index contributed by atoms with van der Waals surface area (Å²) < 4.78 is 5.44. The van der Waals surface area contributed by atoms with Crippen LogP contribution in [0, 0.1) is 0 Å². The normalized spacial score (nSPS) is 18.0. The Morgan fingerprint density at radius 3 is 2.08 bits per heavy atom. The maximum atomic E-state index is 5.44. The molecule has 2 aliphatic rings. The van der Waals surface area contributed by atoms with Crippen LogP contribution in [0.15, 0.2) is 30.3 Å². The predicted molar refractivity (Wildman–Crippen MR) is 94.0 cm³/mol. The third kappa shape index (κ3) is 3.41. The molecule has 0 spiro atoms. The zero-order valence-corrected chi connectivity index (χ0v) is 13.7. The molecule has 4 rings (SSSR count). The highest BCUT2D eigenvalue weighted by Crippen LogP contribution is 2.22. The van der Waals surface area contributed by atoms with E-state index in [1.165, 1.54) is 12.8 Å². The van der Waals surface area contributed by atoms with Crippen molar-refractivity contribution in [2.24, 2.45) is 0 Å². The summed E-state index contributed by atoms with van der Waals surface area (Å²) in [5, 5.41) is 3.30. The van der Waals surface area contributed by atoms with E-state index >= 15 is 0 Å². The van der Waals surface area contributed by atoms with Gasteiger partial charge in [-0.2, -0.15) is 15.0 Å². The number of nitrogens with zero attached hydrogens (tertiary/aromatic N) is 5. The van der Waals surface area contributed by atoms with E-state index in [0.717, 1.165) is 43.8 Å². The van der Waals surface area contributed by atoms with Crippen molar-refractivity contribution in [1.29, 1.82) is 0 Å². The number of nitrogens with one attached hydrogen (secondary N) is 1. The fourth-order valence-corrected chi connectivity index (χ4v) is 3.02. The molecule has 2 aliphatic heterocycles. The fraction of sp³-hybridized carbons (Fsp3) is 0.471. The highest BCUT2D eigenvalue weighted by molar-refractivity contribution is 5.56. The first-order valence-corrected chi connectivity index (χ1v) is 8.54. The third-order valence-electron chi connectivity index (χ3n) is 4.32. The average molecular weight is 326 g/mol. The Bertz CT molecular complexity index is 668. The molecule has 0 radical (unpaired) electrons. The lowest BCUT2D eigenvalue weighted by atomic mass is 10.3. The number of hydrogen-bond donors (Lipinski definition) is 1. The van der Waals surface area contributed by atoms with Gasteiger partial charge in [0, 0.05) is 31.9 Å². The Kier molecular flexibility index (Phi) is 4.42. The quantitative estimate of drug-likeness (QED) is 0.922. The molecule has 0 saturated carbocycles. The van der Waals surface area contributed by atoms with Crippen LogP contribution in [0.1, 0.15) is 12.8 Å². The molecule has 24 heavy (non-hydrogen) atoms. The van der Waals surface area contributed by atoms with E-state index in [4.69, 9.17) is 9.72 Å². The van der Waals surface area contributed by atoms with Gasteiger partial charge in [-0.25, -0.2) is 0 Å². The summed E-state index contributed by atoms with van der Waals surface area (Å²) in [5.74, 6) is 2.09. The smallest absolute Gasteiger partial charge is 0.233 e. The number of anilines is 4. The number of ether oxygens (including phenoxy) is 1. The Balaban J connectivity index is 1.64. The van der Waals surface area contributed by atoms with Crippen LogP contribution in [-0.2, 0) is 4.74 Å². The van der Waals surface area contributed by atoms with Crippen LogP contribution >= 0.6 is 0 Å². The van der Waals surface area contributed by atoms with Gasteiger partial charge in [0.25, 0.3) is 0 Å². The van der Waals surface area contributed by atoms with Gasteiger partial charge in [0.05, 0.1) is 13.2 Å². The molecule has 1 aromatic carbocycles. The lowest BCUT2D eigenvalue weighted by Gasteiger charge is -2.28. The zero-order chi connectivity index (χ0) is 16.2. The van der Waals surface area contributed by atoms with Crippen molar-refractivity contribution in [2.75, 3.05) is 54.5 Å². The van der Waals surface area contributed by atoms with Crippen LogP contribution in [0.3, 0.4) is 0 Å². The monoisotopic (exact) mass is 326 g/mol. The first-order valence-electron chi connectivity index (χ1n) is 8.54. The molecule has 1 aromatic heterocycles. The number of rotatable bonds is 4. The van der Waals surface area contributed by atoms with Gasteiger partial charge in [-0.3, -0.25) is 0 Å². The van der Waals surface area contributed by atoms with E-state index in [-0.39, 0.29) is 0 Å².